The predicted molar refractivity (Wildman–Crippen MR) is 114 cm³/mol. The number of methoxy groups -OCH3 is 1. The Hall–Kier alpha value is -2.25. The standard InChI is InChI=1S/C22H26FN3O2S/c1-28-20-9-5-4-8-19(20)25-12-10-24(11-13-25)16-21(27)26-14-15-29-22(26)17-6-2-3-7-18(17)23/h2-9,22H,10-16H2,1H3/p+1/t22-/m0/s1. The average Bonchev–Trinajstić information content (AvgIpc) is 3.24. The number of nitrogens with zero attached hydrogens (tertiary/aromatic N) is 2. The molecule has 2 aromatic carbocycles. The molecule has 2 aliphatic heterocycles. The molecule has 0 bridgehead atoms. The van der Waals surface area contributed by atoms with E-state index in [2.05, 4.69) is 11.0 Å². The van der Waals surface area contributed by atoms with Crippen molar-refractivity contribution in [1.29, 1.82) is 0 Å². The molecule has 0 saturated carbocycles. The van der Waals surface area contributed by atoms with E-state index in [0.29, 0.717) is 18.7 Å². The first-order chi connectivity index (χ1) is 14.2. The van der Waals surface area contributed by atoms with Crippen LogP contribution in [0.4, 0.5) is 10.1 Å². The van der Waals surface area contributed by atoms with Gasteiger partial charge in [-0.1, -0.05) is 30.3 Å². The smallest absolute Gasteiger partial charge is 0.278 e. The maximum absolute atomic E-state index is 14.2. The van der Waals surface area contributed by atoms with Gasteiger partial charge in [-0.25, -0.2) is 4.39 Å². The molecule has 2 aliphatic rings. The van der Waals surface area contributed by atoms with Crippen molar-refractivity contribution in [2.45, 2.75) is 5.37 Å². The Morgan fingerprint density at radius 2 is 1.86 bits per heavy atom. The number of carbonyl (C=O) groups is 1. The Morgan fingerprint density at radius 3 is 2.62 bits per heavy atom. The van der Waals surface area contributed by atoms with Crippen LogP contribution in [0.25, 0.3) is 0 Å². The third-order valence-electron chi connectivity index (χ3n) is 5.68. The number of benzene rings is 2. The molecule has 4 rings (SSSR count). The summed E-state index contributed by atoms with van der Waals surface area (Å²) < 4.78 is 19.7. The molecule has 1 atom stereocenters. The largest absolute Gasteiger partial charge is 0.495 e. The molecule has 1 amide bonds. The summed E-state index contributed by atoms with van der Waals surface area (Å²) in [7, 11) is 1.69. The van der Waals surface area contributed by atoms with E-state index in [9.17, 15) is 9.18 Å². The molecule has 0 unspecified atom stereocenters. The van der Waals surface area contributed by atoms with Gasteiger partial charge in [-0.3, -0.25) is 4.79 Å². The summed E-state index contributed by atoms with van der Waals surface area (Å²) in [4.78, 5) is 18.4. The van der Waals surface area contributed by atoms with Gasteiger partial charge in [0.05, 0.1) is 39.0 Å². The van der Waals surface area contributed by atoms with Crippen molar-refractivity contribution in [3.63, 3.8) is 0 Å². The zero-order valence-corrected chi connectivity index (χ0v) is 17.5. The van der Waals surface area contributed by atoms with E-state index in [-0.39, 0.29) is 17.1 Å². The highest BCUT2D eigenvalue weighted by atomic mass is 32.2. The van der Waals surface area contributed by atoms with Crippen LogP contribution in [0.1, 0.15) is 10.9 Å². The summed E-state index contributed by atoms with van der Waals surface area (Å²) in [5.41, 5.74) is 1.72. The highest BCUT2D eigenvalue weighted by Crippen LogP contribution is 2.38. The molecular weight excluding hydrogens is 389 g/mol. The molecule has 5 nitrogen and oxygen atoms in total. The lowest BCUT2D eigenvalue weighted by Gasteiger charge is -2.35. The van der Waals surface area contributed by atoms with Crippen LogP contribution in [0.5, 0.6) is 5.75 Å². The van der Waals surface area contributed by atoms with Crippen molar-refractivity contribution in [2.24, 2.45) is 0 Å². The molecule has 0 aliphatic carbocycles. The number of carbonyl (C=O) groups excluding carboxylic acids is 1. The minimum absolute atomic E-state index is 0.115. The second kappa shape index (κ2) is 9.05. The summed E-state index contributed by atoms with van der Waals surface area (Å²) >= 11 is 1.64. The monoisotopic (exact) mass is 416 g/mol. The second-order valence-electron chi connectivity index (χ2n) is 7.42. The summed E-state index contributed by atoms with van der Waals surface area (Å²) in [5.74, 6) is 1.61. The number of anilines is 1. The molecular formula is C22H27FN3O2S+. The van der Waals surface area contributed by atoms with Crippen molar-refractivity contribution in [2.75, 3.05) is 57.0 Å². The normalized spacial score (nSPS) is 20.1. The molecule has 154 valence electrons. The van der Waals surface area contributed by atoms with Gasteiger partial charge in [-0.05, 0) is 18.2 Å². The molecule has 0 radical (unpaired) electrons. The van der Waals surface area contributed by atoms with Crippen molar-refractivity contribution >= 4 is 23.4 Å². The maximum Gasteiger partial charge on any atom is 0.278 e. The average molecular weight is 417 g/mol. The highest BCUT2D eigenvalue weighted by Gasteiger charge is 2.34. The lowest BCUT2D eigenvalue weighted by atomic mass is 10.2. The number of thioether (sulfide) groups is 1. The maximum atomic E-state index is 14.2. The van der Waals surface area contributed by atoms with E-state index in [4.69, 9.17) is 4.74 Å². The number of quaternary nitrogens is 1. The van der Waals surface area contributed by atoms with Crippen LogP contribution >= 0.6 is 11.8 Å². The van der Waals surface area contributed by atoms with E-state index < -0.39 is 0 Å². The zero-order valence-electron chi connectivity index (χ0n) is 16.6. The van der Waals surface area contributed by atoms with Gasteiger partial charge >= 0.3 is 0 Å². The summed E-state index contributed by atoms with van der Waals surface area (Å²) in [6.45, 7) is 4.71. The molecule has 2 aromatic rings. The van der Waals surface area contributed by atoms with Gasteiger partial charge in [-0.2, -0.15) is 0 Å². The van der Waals surface area contributed by atoms with Crippen molar-refractivity contribution in [3.8, 4) is 5.75 Å². The van der Waals surface area contributed by atoms with Gasteiger partial charge in [0.15, 0.2) is 6.54 Å². The highest BCUT2D eigenvalue weighted by molar-refractivity contribution is 7.99. The number of hydrogen-bond donors (Lipinski definition) is 1. The van der Waals surface area contributed by atoms with E-state index >= 15 is 0 Å². The minimum Gasteiger partial charge on any atom is -0.495 e. The number of nitrogens with one attached hydrogen (secondary N) is 1. The molecule has 0 aromatic heterocycles. The Morgan fingerprint density at radius 1 is 1.14 bits per heavy atom. The Balaban J connectivity index is 1.36. The van der Waals surface area contributed by atoms with E-state index in [1.165, 1.54) is 11.0 Å². The first-order valence-corrected chi connectivity index (χ1v) is 11.1. The number of piperazine rings is 1. The first kappa shape index (κ1) is 20.0. The molecule has 1 N–H and O–H groups in total. The molecule has 0 spiro atoms. The van der Waals surface area contributed by atoms with Crippen molar-refractivity contribution in [3.05, 3.63) is 59.9 Å². The van der Waals surface area contributed by atoms with Crippen LogP contribution in [0.3, 0.4) is 0 Å². The summed E-state index contributed by atoms with van der Waals surface area (Å²) in [5, 5.41) is -0.210. The van der Waals surface area contributed by atoms with Crippen LogP contribution in [0, 0.1) is 5.82 Å². The SMILES string of the molecule is COc1ccccc1N1CC[NH+](CC(=O)N2CCS[C@H]2c2ccccc2F)CC1. The predicted octanol–water partition coefficient (Wildman–Crippen LogP) is 1.81. The fourth-order valence-corrected chi connectivity index (χ4v) is 5.40. The van der Waals surface area contributed by atoms with Crippen molar-refractivity contribution in [1.82, 2.24) is 4.90 Å². The Bertz CT molecular complexity index is 857. The number of amides is 1. The number of rotatable bonds is 5. The molecule has 2 saturated heterocycles. The topological polar surface area (TPSA) is 37.2 Å². The molecule has 2 heterocycles. The number of ether oxygens (including phenoxy) is 1. The summed E-state index contributed by atoms with van der Waals surface area (Å²) in [6, 6.07) is 14.8. The van der Waals surface area contributed by atoms with E-state index in [0.717, 1.165) is 43.4 Å². The van der Waals surface area contributed by atoms with E-state index in [1.54, 1.807) is 31.0 Å². The third-order valence-corrected chi connectivity index (χ3v) is 6.92. The molecule has 2 fully saturated rings. The summed E-state index contributed by atoms with van der Waals surface area (Å²) in [6.07, 6.45) is 0. The molecule has 7 heteroatoms. The first-order valence-electron chi connectivity index (χ1n) is 10.0. The quantitative estimate of drug-likeness (QED) is 0.807. The number of hydrogen-bond acceptors (Lipinski definition) is 4. The van der Waals surface area contributed by atoms with Gasteiger partial charge in [-0.15, -0.1) is 11.8 Å². The zero-order chi connectivity index (χ0) is 20.2. The van der Waals surface area contributed by atoms with Crippen LogP contribution in [-0.2, 0) is 4.79 Å². The minimum atomic E-state index is -0.234. The van der Waals surface area contributed by atoms with Gasteiger partial charge in [0.1, 0.15) is 16.9 Å². The van der Waals surface area contributed by atoms with E-state index in [1.807, 2.05) is 29.2 Å². The number of para-hydroxylation sites is 2. The fourth-order valence-electron chi connectivity index (χ4n) is 4.11. The van der Waals surface area contributed by atoms with Crippen molar-refractivity contribution < 1.29 is 18.8 Å². The molecule has 29 heavy (non-hydrogen) atoms. The lowest BCUT2D eigenvalue weighted by molar-refractivity contribution is -0.892. The lowest BCUT2D eigenvalue weighted by Crippen LogP contribution is -3.15. The van der Waals surface area contributed by atoms with Crippen LogP contribution in [0.2, 0.25) is 0 Å². The number of halogens is 1. The Labute approximate surface area is 175 Å². The van der Waals surface area contributed by atoms with Gasteiger partial charge in [0.25, 0.3) is 5.91 Å². The van der Waals surface area contributed by atoms with Gasteiger partial charge < -0.3 is 19.4 Å². The second-order valence-corrected chi connectivity index (χ2v) is 8.61. The van der Waals surface area contributed by atoms with Crippen LogP contribution in [-0.4, -0.2) is 62.9 Å². The Kier molecular flexibility index (Phi) is 6.25. The van der Waals surface area contributed by atoms with Gasteiger partial charge in [0.2, 0.25) is 0 Å². The van der Waals surface area contributed by atoms with Crippen LogP contribution < -0.4 is 14.5 Å². The van der Waals surface area contributed by atoms with Gasteiger partial charge in [0, 0.05) is 17.9 Å². The van der Waals surface area contributed by atoms with Crippen LogP contribution in [0.15, 0.2) is 48.5 Å². The fraction of sp³-hybridized carbons (Fsp3) is 0.409. The third kappa shape index (κ3) is 4.36.